The highest BCUT2D eigenvalue weighted by Gasteiger charge is 2.58. The van der Waals surface area contributed by atoms with Crippen molar-refractivity contribution in [3.8, 4) is 0 Å². The van der Waals surface area contributed by atoms with Crippen molar-refractivity contribution in [2.45, 2.75) is 50.7 Å². The van der Waals surface area contributed by atoms with Gasteiger partial charge < -0.3 is 4.90 Å². The second-order valence-corrected chi connectivity index (χ2v) is 5.16. The molecule has 1 saturated heterocycles. The Bertz CT molecular complexity index is 176. The Labute approximate surface area is 81.9 Å². The first kappa shape index (κ1) is 9.47. The summed E-state index contributed by atoms with van der Waals surface area (Å²) in [5.41, 5.74) is 0.581. The van der Waals surface area contributed by atoms with Crippen LogP contribution in [-0.4, -0.2) is 48.1 Å². The van der Waals surface area contributed by atoms with Gasteiger partial charge >= 0.3 is 0 Å². The molecule has 0 amide bonds. The average Bonchev–Trinajstić information content (AvgIpc) is 2.62. The Morgan fingerprint density at radius 3 is 2.31 bits per heavy atom. The van der Waals surface area contributed by atoms with Crippen LogP contribution in [0.1, 0.15) is 33.1 Å². The first-order valence-electron chi connectivity index (χ1n) is 5.51. The molecule has 13 heavy (non-hydrogen) atoms. The van der Waals surface area contributed by atoms with Crippen LogP contribution in [0.3, 0.4) is 0 Å². The summed E-state index contributed by atoms with van der Waals surface area (Å²) in [5.74, 6) is 0. The van der Waals surface area contributed by atoms with Crippen LogP contribution in [0.15, 0.2) is 0 Å². The highest BCUT2D eigenvalue weighted by molar-refractivity contribution is 5.16. The normalized spacial score (nSPS) is 32.3. The van der Waals surface area contributed by atoms with Crippen molar-refractivity contribution in [3.05, 3.63) is 0 Å². The molecule has 1 heterocycles. The van der Waals surface area contributed by atoms with E-state index in [4.69, 9.17) is 0 Å². The zero-order valence-corrected chi connectivity index (χ0v) is 9.38. The second kappa shape index (κ2) is 2.96. The van der Waals surface area contributed by atoms with Crippen LogP contribution < -0.4 is 0 Å². The molecule has 1 saturated carbocycles. The van der Waals surface area contributed by atoms with E-state index in [1.54, 1.807) is 0 Å². The number of hydrogen-bond acceptors (Lipinski definition) is 2. The fraction of sp³-hybridized carbons (Fsp3) is 1.00. The number of likely N-dealkylation sites (N-methyl/N-ethyl adjacent to an activating group) is 1. The van der Waals surface area contributed by atoms with Crippen molar-refractivity contribution >= 4 is 0 Å². The Hall–Kier alpha value is -0.0800. The molecule has 76 valence electrons. The summed E-state index contributed by atoms with van der Waals surface area (Å²) in [6.07, 6.45) is 4.22. The molecule has 0 aromatic carbocycles. The fourth-order valence-electron chi connectivity index (χ4n) is 3.20. The number of hydrogen-bond donors (Lipinski definition) is 0. The maximum Gasteiger partial charge on any atom is 0.0369 e. The summed E-state index contributed by atoms with van der Waals surface area (Å²) in [5, 5.41) is 0. The first-order chi connectivity index (χ1) is 6.08. The third-order valence-electron chi connectivity index (χ3n) is 3.84. The van der Waals surface area contributed by atoms with Gasteiger partial charge in [0.2, 0.25) is 0 Å². The van der Waals surface area contributed by atoms with E-state index in [-0.39, 0.29) is 0 Å². The summed E-state index contributed by atoms with van der Waals surface area (Å²) >= 11 is 0. The van der Waals surface area contributed by atoms with Crippen molar-refractivity contribution in [3.63, 3.8) is 0 Å². The number of rotatable bonds is 2. The third kappa shape index (κ3) is 1.31. The molecule has 1 aliphatic heterocycles. The van der Waals surface area contributed by atoms with Crippen LogP contribution in [0.4, 0.5) is 0 Å². The molecular weight excluding hydrogens is 160 g/mol. The van der Waals surface area contributed by atoms with Gasteiger partial charge in [-0.2, -0.15) is 0 Å². The van der Waals surface area contributed by atoms with Gasteiger partial charge in [0.05, 0.1) is 0 Å². The summed E-state index contributed by atoms with van der Waals surface area (Å²) in [7, 11) is 4.46. The smallest absolute Gasteiger partial charge is 0.0369 e. The van der Waals surface area contributed by atoms with Crippen LogP contribution in [-0.2, 0) is 0 Å². The molecule has 1 spiro atoms. The van der Waals surface area contributed by atoms with Crippen LogP contribution in [0, 0.1) is 0 Å². The second-order valence-electron chi connectivity index (χ2n) is 5.16. The zero-order valence-electron chi connectivity index (χ0n) is 9.38. The van der Waals surface area contributed by atoms with Gasteiger partial charge in [-0.3, -0.25) is 4.90 Å². The molecule has 2 aliphatic rings. The lowest BCUT2D eigenvalue weighted by molar-refractivity contribution is 0.136. The molecule has 0 N–H and O–H groups in total. The predicted octanol–water partition coefficient (Wildman–Crippen LogP) is 1.56. The van der Waals surface area contributed by atoms with Crippen molar-refractivity contribution in [1.29, 1.82) is 0 Å². The molecular formula is C11H22N2. The maximum absolute atomic E-state index is 2.72. The molecule has 0 bridgehead atoms. The number of nitrogens with zero attached hydrogens (tertiary/aromatic N) is 2. The SMILES string of the molecule is CC(C)N1CCC(N(C)C)C12CC2. The lowest BCUT2D eigenvalue weighted by Gasteiger charge is -2.34. The highest BCUT2D eigenvalue weighted by atomic mass is 15.3. The first-order valence-corrected chi connectivity index (χ1v) is 5.51. The van der Waals surface area contributed by atoms with Crippen molar-refractivity contribution in [2.75, 3.05) is 20.6 Å². The van der Waals surface area contributed by atoms with Crippen LogP contribution in [0.2, 0.25) is 0 Å². The van der Waals surface area contributed by atoms with Gasteiger partial charge in [-0.15, -0.1) is 0 Å². The van der Waals surface area contributed by atoms with E-state index in [0.29, 0.717) is 5.54 Å². The molecule has 0 aromatic rings. The Balaban J connectivity index is 2.13. The van der Waals surface area contributed by atoms with Gasteiger partial charge in [0.15, 0.2) is 0 Å². The number of likely N-dealkylation sites (tertiary alicyclic amines) is 1. The van der Waals surface area contributed by atoms with Gasteiger partial charge in [0, 0.05) is 24.2 Å². The minimum absolute atomic E-state index is 0.581. The average molecular weight is 182 g/mol. The van der Waals surface area contributed by atoms with Crippen LogP contribution in [0.5, 0.6) is 0 Å². The van der Waals surface area contributed by atoms with Gasteiger partial charge in [0.1, 0.15) is 0 Å². The van der Waals surface area contributed by atoms with E-state index >= 15 is 0 Å². The van der Waals surface area contributed by atoms with E-state index in [1.807, 2.05) is 0 Å². The lowest BCUT2D eigenvalue weighted by Crippen LogP contribution is -2.46. The van der Waals surface area contributed by atoms with Crippen molar-refractivity contribution < 1.29 is 0 Å². The van der Waals surface area contributed by atoms with Gasteiger partial charge in [-0.1, -0.05) is 0 Å². The fourth-order valence-corrected chi connectivity index (χ4v) is 3.20. The monoisotopic (exact) mass is 182 g/mol. The molecule has 1 unspecified atom stereocenters. The third-order valence-corrected chi connectivity index (χ3v) is 3.84. The Kier molecular flexibility index (Phi) is 2.16. The minimum Gasteiger partial charge on any atom is -0.305 e. The predicted molar refractivity (Wildman–Crippen MR) is 55.9 cm³/mol. The summed E-state index contributed by atoms with van der Waals surface area (Å²) in [6, 6.07) is 1.54. The van der Waals surface area contributed by atoms with E-state index < -0.39 is 0 Å². The summed E-state index contributed by atoms with van der Waals surface area (Å²) in [4.78, 5) is 5.15. The topological polar surface area (TPSA) is 6.48 Å². The molecule has 2 rings (SSSR count). The van der Waals surface area contributed by atoms with Gasteiger partial charge in [-0.25, -0.2) is 0 Å². The highest BCUT2D eigenvalue weighted by Crippen LogP contribution is 2.51. The van der Waals surface area contributed by atoms with E-state index in [1.165, 1.54) is 25.8 Å². The van der Waals surface area contributed by atoms with E-state index in [9.17, 15) is 0 Å². The molecule has 2 nitrogen and oxygen atoms in total. The van der Waals surface area contributed by atoms with Gasteiger partial charge in [-0.05, 0) is 47.2 Å². The summed E-state index contributed by atoms with van der Waals surface area (Å²) < 4.78 is 0. The lowest BCUT2D eigenvalue weighted by atomic mass is 10.1. The molecule has 0 aromatic heterocycles. The Morgan fingerprint density at radius 1 is 1.31 bits per heavy atom. The molecule has 1 aliphatic carbocycles. The van der Waals surface area contributed by atoms with Gasteiger partial charge in [0.25, 0.3) is 0 Å². The molecule has 2 heteroatoms. The van der Waals surface area contributed by atoms with Crippen molar-refractivity contribution in [2.24, 2.45) is 0 Å². The molecule has 2 fully saturated rings. The Morgan fingerprint density at radius 2 is 1.92 bits per heavy atom. The standard InChI is InChI=1S/C11H22N2/c1-9(2)13-8-5-10(12(3)4)11(13)6-7-11/h9-10H,5-8H2,1-4H3. The molecule has 0 radical (unpaired) electrons. The van der Waals surface area contributed by atoms with Crippen molar-refractivity contribution in [1.82, 2.24) is 9.80 Å². The van der Waals surface area contributed by atoms with Crippen LogP contribution in [0.25, 0.3) is 0 Å². The summed E-state index contributed by atoms with van der Waals surface area (Å²) in [6.45, 7) is 5.97. The van der Waals surface area contributed by atoms with Crippen LogP contribution >= 0.6 is 0 Å². The molecule has 1 atom stereocenters. The quantitative estimate of drug-likeness (QED) is 0.639. The van der Waals surface area contributed by atoms with E-state index in [0.717, 1.165) is 12.1 Å². The van der Waals surface area contributed by atoms with E-state index in [2.05, 4.69) is 37.7 Å². The maximum atomic E-state index is 2.72. The largest absolute Gasteiger partial charge is 0.305 e. The minimum atomic E-state index is 0.581. The zero-order chi connectivity index (χ0) is 9.64.